The average molecular weight is 205 g/mol. The van der Waals surface area contributed by atoms with E-state index in [1.807, 2.05) is 0 Å². The van der Waals surface area contributed by atoms with Gasteiger partial charge in [-0.1, -0.05) is 0 Å². The van der Waals surface area contributed by atoms with E-state index in [1.165, 1.54) is 0 Å². The van der Waals surface area contributed by atoms with Crippen molar-refractivity contribution in [3.63, 3.8) is 0 Å². The second kappa shape index (κ2) is 3.19. The molecule has 0 spiro atoms. The molecule has 6 heteroatoms. The molecule has 0 amide bonds. The summed E-state index contributed by atoms with van der Waals surface area (Å²) < 4.78 is -0.588. The van der Waals surface area contributed by atoms with Crippen molar-refractivity contribution in [1.29, 1.82) is 0 Å². The third-order valence-electron chi connectivity index (χ3n) is 1.91. The first-order valence-electron chi connectivity index (χ1n) is 3.74. The van der Waals surface area contributed by atoms with Crippen molar-refractivity contribution >= 4 is 23.7 Å². The Morgan fingerprint density at radius 3 is 2.08 bits per heavy atom. The molecule has 1 aliphatic heterocycles. The van der Waals surface area contributed by atoms with E-state index in [0.29, 0.717) is 0 Å². The molecule has 0 aromatic heterocycles. The van der Waals surface area contributed by atoms with Crippen molar-refractivity contribution in [1.82, 2.24) is 5.32 Å². The summed E-state index contributed by atoms with van der Waals surface area (Å²) in [6.07, 6.45) is 0. The van der Waals surface area contributed by atoms with Gasteiger partial charge in [-0.15, -0.1) is 11.8 Å². The molecule has 1 heterocycles. The van der Waals surface area contributed by atoms with Gasteiger partial charge in [-0.2, -0.15) is 0 Å². The fraction of sp³-hybridized carbons (Fsp3) is 0.714. The average Bonchev–Trinajstić information content (AvgIpc) is 2.25. The molecule has 1 saturated heterocycles. The van der Waals surface area contributed by atoms with E-state index in [1.54, 1.807) is 13.8 Å². The van der Waals surface area contributed by atoms with Crippen LogP contribution >= 0.6 is 11.8 Å². The Labute approximate surface area is 79.5 Å². The monoisotopic (exact) mass is 205 g/mol. The number of carbonyl (C=O) groups is 2. The molecule has 0 aromatic rings. The quantitative estimate of drug-likeness (QED) is 0.586. The highest BCUT2D eigenvalue weighted by molar-refractivity contribution is 8.02. The van der Waals surface area contributed by atoms with E-state index < -0.39 is 28.1 Å². The van der Waals surface area contributed by atoms with Gasteiger partial charge in [-0.3, -0.25) is 10.1 Å². The fourth-order valence-corrected chi connectivity index (χ4v) is 2.47. The summed E-state index contributed by atoms with van der Waals surface area (Å²) in [5.74, 6) is -2.04. The molecule has 3 N–H and O–H groups in total. The number of carboxylic acid groups (broad SMARTS) is 2. The van der Waals surface area contributed by atoms with Gasteiger partial charge in [0.15, 0.2) is 5.37 Å². The van der Waals surface area contributed by atoms with Gasteiger partial charge in [0.05, 0.1) is 0 Å². The third kappa shape index (κ3) is 1.94. The van der Waals surface area contributed by atoms with Crippen molar-refractivity contribution in [2.24, 2.45) is 0 Å². The SMILES string of the molecule is CC1(C)S[C@H](C(=O)O)N[C@H]1C(=O)O. The van der Waals surface area contributed by atoms with Crippen LogP contribution in [-0.4, -0.2) is 38.3 Å². The van der Waals surface area contributed by atoms with Crippen LogP contribution < -0.4 is 5.32 Å². The van der Waals surface area contributed by atoms with E-state index in [2.05, 4.69) is 5.32 Å². The van der Waals surface area contributed by atoms with Crippen LogP contribution in [0, 0.1) is 0 Å². The predicted octanol–water partition coefficient (Wildman–Crippen LogP) is -0.0347. The highest BCUT2D eigenvalue weighted by atomic mass is 32.2. The molecule has 0 aromatic carbocycles. The Kier molecular flexibility index (Phi) is 2.53. The zero-order valence-corrected chi connectivity index (χ0v) is 8.09. The van der Waals surface area contributed by atoms with Gasteiger partial charge in [0.25, 0.3) is 0 Å². The predicted molar refractivity (Wildman–Crippen MR) is 47.7 cm³/mol. The molecule has 5 nitrogen and oxygen atoms in total. The lowest BCUT2D eigenvalue weighted by atomic mass is 10.0. The number of carboxylic acids is 2. The minimum atomic E-state index is -1.03. The van der Waals surface area contributed by atoms with Crippen molar-refractivity contribution in [3.05, 3.63) is 0 Å². The molecule has 13 heavy (non-hydrogen) atoms. The van der Waals surface area contributed by atoms with Crippen LogP contribution in [0.5, 0.6) is 0 Å². The Morgan fingerprint density at radius 1 is 1.31 bits per heavy atom. The van der Waals surface area contributed by atoms with Gasteiger partial charge in [0, 0.05) is 4.75 Å². The number of rotatable bonds is 2. The van der Waals surface area contributed by atoms with Gasteiger partial charge >= 0.3 is 11.9 Å². The second-order valence-corrected chi connectivity index (χ2v) is 5.14. The highest BCUT2D eigenvalue weighted by Gasteiger charge is 2.47. The summed E-state index contributed by atoms with van der Waals surface area (Å²) in [4.78, 5) is 21.3. The first kappa shape index (κ1) is 10.3. The lowest BCUT2D eigenvalue weighted by Crippen LogP contribution is -2.45. The van der Waals surface area contributed by atoms with Crippen LogP contribution in [0.3, 0.4) is 0 Å². The lowest BCUT2D eigenvalue weighted by Gasteiger charge is -2.20. The molecular weight excluding hydrogens is 194 g/mol. The molecule has 1 fully saturated rings. The molecule has 0 bridgehead atoms. The van der Waals surface area contributed by atoms with E-state index >= 15 is 0 Å². The van der Waals surface area contributed by atoms with Crippen molar-refractivity contribution < 1.29 is 19.8 Å². The zero-order valence-electron chi connectivity index (χ0n) is 7.27. The van der Waals surface area contributed by atoms with Gasteiger partial charge in [-0.05, 0) is 13.8 Å². The lowest BCUT2D eigenvalue weighted by molar-refractivity contribution is -0.140. The second-order valence-electron chi connectivity index (χ2n) is 3.38. The minimum Gasteiger partial charge on any atom is -0.480 e. The summed E-state index contributed by atoms with van der Waals surface area (Å²) in [5, 5.41) is 19.2. The molecule has 0 radical (unpaired) electrons. The Morgan fingerprint density at radius 2 is 1.85 bits per heavy atom. The molecular formula is C7H11NO4S. The molecule has 0 unspecified atom stereocenters. The normalized spacial score (nSPS) is 31.5. The van der Waals surface area contributed by atoms with Crippen molar-refractivity contribution in [2.45, 2.75) is 30.0 Å². The minimum absolute atomic E-state index is 0.588. The smallest absolute Gasteiger partial charge is 0.331 e. The van der Waals surface area contributed by atoms with Crippen LogP contribution in [0.15, 0.2) is 0 Å². The van der Waals surface area contributed by atoms with Crippen LogP contribution in [-0.2, 0) is 9.59 Å². The number of hydrogen-bond donors (Lipinski definition) is 3. The number of aliphatic carboxylic acids is 2. The maximum atomic E-state index is 10.7. The summed E-state index contributed by atoms with van der Waals surface area (Å²) >= 11 is 1.12. The first-order chi connectivity index (χ1) is 5.84. The Bertz CT molecular complexity index is 253. The Hall–Kier alpha value is -0.750. The molecule has 2 atom stereocenters. The molecule has 74 valence electrons. The summed E-state index contributed by atoms with van der Waals surface area (Å²) in [6.45, 7) is 3.43. The Balaban J connectivity index is 2.79. The zero-order chi connectivity index (χ0) is 10.2. The van der Waals surface area contributed by atoms with Gasteiger partial charge in [0.1, 0.15) is 6.04 Å². The van der Waals surface area contributed by atoms with E-state index in [9.17, 15) is 9.59 Å². The van der Waals surface area contributed by atoms with E-state index in [0.717, 1.165) is 11.8 Å². The fourth-order valence-electron chi connectivity index (χ4n) is 1.25. The summed E-state index contributed by atoms with van der Waals surface area (Å²) in [5.41, 5.74) is 0. The van der Waals surface area contributed by atoms with E-state index in [-0.39, 0.29) is 0 Å². The number of thioether (sulfide) groups is 1. The van der Waals surface area contributed by atoms with Crippen molar-refractivity contribution in [2.75, 3.05) is 0 Å². The third-order valence-corrected chi connectivity index (χ3v) is 3.32. The maximum Gasteiger partial charge on any atom is 0.331 e. The largest absolute Gasteiger partial charge is 0.480 e. The summed E-state index contributed by atoms with van der Waals surface area (Å²) in [7, 11) is 0. The van der Waals surface area contributed by atoms with Crippen LogP contribution in [0.25, 0.3) is 0 Å². The van der Waals surface area contributed by atoms with Crippen LogP contribution in [0.4, 0.5) is 0 Å². The molecule has 0 saturated carbocycles. The van der Waals surface area contributed by atoms with Crippen molar-refractivity contribution in [3.8, 4) is 0 Å². The molecule has 1 aliphatic rings. The summed E-state index contributed by atoms with van der Waals surface area (Å²) in [6, 6.07) is -0.807. The maximum absolute atomic E-state index is 10.7. The number of nitrogens with one attached hydrogen (secondary N) is 1. The van der Waals surface area contributed by atoms with Gasteiger partial charge in [-0.25, -0.2) is 4.79 Å². The molecule has 0 aliphatic carbocycles. The van der Waals surface area contributed by atoms with Crippen LogP contribution in [0.1, 0.15) is 13.8 Å². The van der Waals surface area contributed by atoms with Gasteiger partial charge < -0.3 is 10.2 Å². The van der Waals surface area contributed by atoms with E-state index in [4.69, 9.17) is 10.2 Å². The first-order valence-corrected chi connectivity index (χ1v) is 4.62. The topological polar surface area (TPSA) is 86.6 Å². The van der Waals surface area contributed by atoms with Gasteiger partial charge in [0.2, 0.25) is 0 Å². The van der Waals surface area contributed by atoms with Crippen LogP contribution in [0.2, 0.25) is 0 Å². The number of hydrogen-bond acceptors (Lipinski definition) is 4. The highest BCUT2D eigenvalue weighted by Crippen LogP contribution is 2.37. The molecule has 1 rings (SSSR count). The standard InChI is InChI=1S/C7H11NO4S/c1-7(2)3(5(9)10)8-4(13-7)6(11)12/h3-4,8H,1-2H3,(H,9,10)(H,11,12)/t3-,4+/m0/s1.